The molecule has 3 aliphatic rings. The number of hydrogen-bond donors (Lipinski definition) is 0. The maximum atomic E-state index is 12.6. The monoisotopic (exact) mass is 421 g/mol. The average Bonchev–Trinajstić information content (AvgIpc) is 3.23. The molecule has 0 bridgehead atoms. The molecule has 3 heterocycles. The molecule has 0 saturated heterocycles. The molecule has 174 valence electrons. The fraction of sp³-hybridized carbons (Fsp3) is 0.769. The Balaban J connectivity index is 0.000000225. The van der Waals surface area contributed by atoms with E-state index < -0.39 is 0 Å². The normalized spacial score (nSPS) is 21.7. The van der Waals surface area contributed by atoms with Crippen molar-refractivity contribution in [2.24, 2.45) is 0 Å². The highest BCUT2D eigenvalue weighted by atomic mass is 19.1. The van der Waals surface area contributed by atoms with Crippen molar-refractivity contribution >= 4 is 0 Å². The first-order valence-electron chi connectivity index (χ1n) is 12.3. The van der Waals surface area contributed by atoms with Gasteiger partial charge in [-0.1, -0.05) is 37.3 Å². The van der Waals surface area contributed by atoms with Crippen LogP contribution in [0, 0.1) is 0 Å². The van der Waals surface area contributed by atoms with Crippen LogP contribution in [-0.4, -0.2) is 72.6 Å². The van der Waals surface area contributed by atoms with Gasteiger partial charge in [-0.15, -0.1) is 0 Å². The second kappa shape index (κ2) is 16.7. The molecule has 0 spiro atoms. The first kappa shape index (κ1) is 27.1. The van der Waals surface area contributed by atoms with Crippen LogP contribution in [0.25, 0.3) is 0 Å². The standard InChI is InChI=1S/2C9H17N.C8H14FN/c2*1-9(2)10-7-5-3-4-6-8-10;1-2-10-6-3-4-8(9)5-7-10/h3,5,9H,4,6-8H2,1-2H3;3-4,9H,5-8H2,1-2H3;4H,2-3,5-7H2,1H3. The van der Waals surface area contributed by atoms with E-state index in [2.05, 4.69) is 73.6 Å². The van der Waals surface area contributed by atoms with Gasteiger partial charge < -0.3 is 9.80 Å². The van der Waals surface area contributed by atoms with E-state index in [0.717, 1.165) is 38.6 Å². The smallest absolute Gasteiger partial charge is 0.0973 e. The number of rotatable bonds is 3. The first-order chi connectivity index (χ1) is 14.4. The molecule has 0 atom stereocenters. The highest BCUT2D eigenvalue weighted by Crippen LogP contribution is 2.11. The topological polar surface area (TPSA) is 9.72 Å². The van der Waals surface area contributed by atoms with Crippen LogP contribution in [0.2, 0.25) is 0 Å². The lowest BCUT2D eigenvalue weighted by Gasteiger charge is -2.23. The van der Waals surface area contributed by atoms with Crippen molar-refractivity contribution in [1.29, 1.82) is 0 Å². The lowest BCUT2D eigenvalue weighted by atomic mass is 10.3. The Kier molecular flexibility index (Phi) is 15.1. The Bertz CT molecular complexity index is 500. The van der Waals surface area contributed by atoms with Crippen LogP contribution in [0.4, 0.5) is 4.39 Å². The molecular formula is C26H48FN3. The summed E-state index contributed by atoms with van der Waals surface area (Å²) in [5.74, 6) is 0.0657. The molecule has 3 nitrogen and oxygen atoms in total. The zero-order valence-corrected chi connectivity index (χ0v) is 20.5. The highest BCUT2D eigenvalue weighted by Gasteiger charge is 2.09. The summed E-state index contributed by atoms with van der Waals surface area (Å²) in [4.78, 5) is 7.30. The van der Waals surface area contributed by atoms with Gasteiger partial charge in [0.05, 0.1) is 5.83 Å². The van der Waals surface area contributed by atoms with E-state index in [0.29, 0.717) is 12.5 Å². The van der Waals surface area contributed by atoms with Gasteiger partial charge in [-0.2, -0.15) is 0 Å². The third kappa shape index (κ3) is 12.7. The Morgan fingerprint density at radius 2 is 1.40 bits per heavy atom. The van der Waals surface area contributed by atoms with Crippen LogP contribution in [0.1, 0.15) is 73.1 Å². The van der Waals surface area contributed by atoms with Crippen molar-refractivity contribution in [1.82, 2.24) is 14.7 Å². The van der Waals surface area contributed by atoms with E-state index in [1.54, 1.807) is 6.08 Å². The van der Waals surface area contributed by atoms with Crippen molar-refractivity contribution in [3.63, 3.8) is 0 Å². The SMILES string of the molecule is CC(C)N1CC=CCCC1.CC(C)N1CCC=CCC1.CCN1CCC=C(F)CC1. The van der Waals surface area contributed by atoms with E-state index in [9.17, 15) is 4.39 Å². The second-order valence-corrected chi connectivity index (χ2v) is 9.00. The number of hydrogen-bond acceptors (Lipinski definition) is 3. The Morgan fingerprint density at radius 1 is 0.767 bits per heavy atom. The highest BCUT2D eigenvalue weighted by molar-refractivity contribution is 4.95. The molecule has 0 saturated carbocycles. The molecule has 3 aliphatic heterocycles. The second-order valence-electron chi connectivity index (χ2n) is 9.00. The predicted molar refractivity (Wildman–Crippen MR) is 131 cm³/mol. The molecule has 0 aromatic heterocycles. The molecule has 0 aromatic carbocycles. The van der Waals surface area contributed by atoms with E-state index in [1.807, 2.05) is 0 Å². The van der Waals surface area contributed by atoms with Gasteiger partial charge >= 0.3 is 0 Å². The van der Waals surface area contributed by atoms with E-state index in [1.165, 1.54) is 45.3 Å². The lowest BCUT2D eigenvalue weighted by Crippen LogP contribution is -2.31. The van der Waals surface area contributed by atoms with Gasteiger partial charge in [-0.05, 0) is 72.9 Å². The zero-order valence-electron chi connectivity index (χ0n) is 20.5. The van der Waals surface area contributed by atoms with E-state index in [4.69, 9.17) is 0 Å². The summed E-state index contributed by atoms with van der Waals surface area (Å²) in [6, 6.07) is 1.43. The van der Waals surface area contributed by atoms with Crippen LogP contribution in [-0.2, 0) is 0 Å². The van der Waals surface area contributed by atoms with Gasteiger partial charge in [0.25, 0.3) is 0 Å². The predicted octanol–water partition coefficient (Wildman–Crippen LogP) is 6.05. The van der Waals surface area contributed by atoms with Gasteiger partial charge in [-0.25, -0.2) is 4.39 Å². The fourth-order valence-electron chi connectivity index (χ4n) is 3.84. The molecule has 3 rings (SSSR count). The number of nitrogens with zero attached hydrogens (tertiary/aromatic N) is 3. The molecular weight excluding hydrogens is 373 g/mol. The third-order valence-corrected chi connectivity index (χ3v) is 6.04. The lowest BCUT2D eigenvalue weighted by molar-refractivity contribution is 0.234. The minimum absolute atomic E-state index is 0.0657. The molecule has 0 aliphatic carbocycles. The quantitative estimate of drug-likeness (QED) is 0.514. The first-order valence-corrected chi connectivity index (χ1v) is 12.3. The van der Waals surface area contributed by atoms with Crippen molar-refractivity contribution < 1.29 is 4.39 Å². The Labute approximate surface area is 186 Å². The molecule has 4 heteroatoms. The molecule has 0 amide bonds. The van der Waals surface area contributed by atoms with Gasteiger partial charge in [-0.3, -0.25) is 4.90 Å². The number of halogens is 1. The molecule has 0 unspecified atom stereocenters. The minimum Gasteiger partial charge on any atom is -0.303 e. The summed E-state index contributed by atoms with van der Waals surface area (Å²) >= 11 is 0. The van der Waals surface area contributed by atoms with Crippen LogP contribution in [0.5, 0.6) is 0 Å². The Morgan fingerprint density at radius 3 is 2.00 bits per heavy atom. The molecule has 30 heavy (non-hydrogen) atoms. The minimum atomic E-state index is 0.0657. The van der Waals surface area contributed by atoms with Gasteiger partial charge in [0.2, 0.25) is 0 Å². The zero-order chi connectivity index (χ0) is 22.2. The molecule has 0 aromatic rings. The fourth-order valence-corrected chi connectivity index (χ4v) is 3.84. The van der Waals surface area contributed by atoms with Crippen LogP contribution < -0.4 is 0 Å². The average molecular weight is 422 g/mol. The van der Waals surface area contributed by atoms with Crippen molar-refractivity contribution in [3.8, 4) is 0 Å². The maximum absolute atomic E-state index is 12.6. The van der Waals surface area contributed by atoms with Gasteiger partial charge in [0.1, 0.15) is 0 Å². The maximum Gasteiger partial charge on any atom is 0.0973 e. The largest absolute Gasteiger partial charge is 0.303 e. The summed E-state index contributed by atoms with van der Waals surface area (Å²) in [6.45, 7) is 19.0. The van der Waals surface area contributed by atoms with Gasteiger partial charge in [0, 0.05) is 51.2 Å². The molecule has 0 fully saturated rings. The molecule has 0 N–H and O–H groups in total. The van der Waals surface area contributed by atoms with Crippen molar-refractivity contribution in [2.75, 3.05) is 45.8 Å². The number of allylic oxidation sites excluding steroid dienone is 1. The van der Waals surface area contributed by atoms with Crippen LogP contribution >= 0.6 is 0 Å². The summed E-state index contributed by atoms with van der Waals surface area (Å²) in [6.07, 6.45) is 17.4. The third-order valence-electron chi connectivity index (χ3n) is 6.04. The Hall–Kier alpha value is -0.970. The van der Waals surface area contributed by atoms with E-state index in [-0.39, 0.29) is 5.83 Å². The summed E-state index contributed by atoms with van der Waals surface area (Å²) in [5.41, 5.74) is 0. The summed E-state index contributed by atoms with van der Waals surface area (Å²) in [5, 5.41) is 0. The summed E-state index contributed by atoms with van der Waals surface area (Å²) < 4.78 is 12.6. The van der Waals surface area contributed by atoms with E-state index >= 15 is 0 Å². The van der Waals surface area contributed by atoms with Crippen LogP contribution in [0.3, 0.4) is 0 Å². The van der Waals surface area contributed by atoms with Crippen LogP contribution in [0.15, 0.2) is 36.2 Å². The van der Waals surface area contributed by atoms with Crippen molar-refractivity contribution in [3.05, 3.63) is 36.2 Å². The molecule has 0 radical (unpaired) electrons. The van der Waals surface area contributed by atoms with Gasteiger partial charge in [0.15, 0.2) is 0 Å². The summed E-state index contributed by atoms with van der Waals surface area (Å²) in [7, 11) is 0. The van der Waals surface area contributed by atoms with Crippen molar-refractivity contribution in [2.45, 2.75) is 85.2 Å².